The van der Waals surface area contributed by atoms with Gasteiger partial charge in [0.15, 0.2) is 0 Å². The van der Waals surface area contributed by atoms with Gasteiger partial charge in [-0.3, -0.25) is 29.4 Å². The average molecular weight is 410 g/mol. The van der Waals surface area contributed by atoms with E-state index in [9.17, 15) is 19.2 Å². The van der Waals surface area contributed by atoms with E-state index in [0.29, 0.717) is 23.7 Å². The Labute approximate surface area is 174 Å². The molecule has 5 rings (SSSR count). The van der Waals surface area contributed by atoms with Gasteiger partial charge in [-0.1, -0.05) is 18.6 Å². The molecule has 3 heterocycles. The van der Waals surface area contributed by atoms with E-state index >= 15 is 0 Å². The highest BCUT2D eigenvalue weighted by molar-refractivity contribution is 6.24. The van der Waals surface area contributed by atoms with Gasteiger partial charge in [0.25, 0.3) is 11.8 Å². The summed E-state index contributed by atoms with van der Waals surface area (Å²) in [6.07, 6.45) is 6.10. The Morgan fingerprint density at radius 3 is 2.60 bits per heavy atom. The second kappa shape index (κ2) is 7.28. The monoisotopic (exact) mass is 410 g/mol. The van der Waals surface area contributed by atoms with Gasteiger partial charge in [0.05, 0.1) is 11.1 Å². The van der Waals surface area contributed by atoms with Gasteiger partial charge in [-0.15, -0.1) is 0 Å². The minimum atomic E-state index is -0.933. The largest absolute Gasteiger partial charge is 0.312 e. The van der Waals surface area contributed by atoms with Crippen molar-refractivity contribution in [1.29, 1.82) is 0 Å². The molecule has 0 aromatic heterocycles. The lowest BCUT2D eigenvalue weighted by molar-refractivity contribution is -0.136. The molecule has 3 aliphatic heterocycles. The van der Waals surface area contributed by atoms with E-state index in [1.807, 2.05) is 6.07 Å². The first kappa shape index (κ1) is 19.4. The Kier molecular flexibility index (Phi) is 4.71. The predicted molar refractivity (Wildman–Crippen MR) is 108 cm³/mol. The number of nitrogens with one attached hydrogen (secondary N) is 3. The predicted octanol–water partition coefficient (Wildman–Crippen LogP) is 0.852. The molecular formula is C22H26N4O4. The normalized spacial score (nSPS) is 27.8. The highest BCUT2D eigenvalue weighted by Crippen LogP contribution is 2.42. The van der Waals surface area contributed by atoms with E-state index in [-0.39, 0.29) is 24.3 Å². The van der Waals surface area contributed by atoms with Crippen molar-refractivity contribution >= 4 is 23.6 Å². The van der Waals surface area contributed by atoms with Gasteiger partial charge in [-0.25, -0.2) is 0 Å². The molecule has 3 fully saturated rings. The molecule has 1 saturated carbocycles. The molecule has 1 aliphatic carbocycles. The number of hydrogen-bond donors (Lipinski definition) is 3. The number of amides is 4. The number of rotatable bonds is 5. The van der Waals surface area contributed by atoms with Crippen LogP contribution >= 0.6 is 0 Å². The maximum Gasteiger partial charge on any atom is 0.262 e. The summed E-state index contributed by atoms with van der Waals surface area (Å²) >= 11 is 0. The van der Waals surface area contributed by atoms with E-state index in [2.05, 4.69) is 16.0 Å². The molecule has 30 heavy (non-hydrogen) atoms. The zero-order valence-corrected chi connectivity index (χ0v) is 16.8. The highest BCUT2D eigenvalue weighted by Gasteiger charge is 2.50. The van der Waals surface area contributed by atoms with Crippen LogP contribution in [0.1, 0.15) is 71.2 Å². The van der Waals surface area contributed by atoms with Crippen LogP contribution in [0.2, 0.25) is 0 Å². The molecule has 2 saturated heterocycles. The first-order valence-electron chi connectivity index (χ1n) is 10.8. The van der Waals surface area contributed by atoms with E-state index < -0.39 is 23.8 Å². The Bertz CT molecular complexity index is 933. The number of hydrogen-bond acceptors (Lipinski definition) is 6. The SMILES string of the molecule is O=C1CCC(N2C(=O)c3cccc(CNC4(C5CCCCN5)CC4)c3C2=O)C(=O)N1. The van der Waals surface area contributed by atoms with Crippen LogP contribution in [0.3, 0.4) is 0 Å². The second-order valence-corrected chi connectivity index (χ2v) is 8.80. The van der Waals surface area contributed by atoms with Crippen molar-refractivity contribution in [1.82, 2.24) is 20.9 Å². The van der Waals surface area contributed by atoms with Crippen LogP contribution in [-0.4, -0.2) is 52.7 Å². The minimum absolute atomic E-state index is 0.0676. The van der Waals surface area contributed by atoms with Crippen LogP contribution < -0.4 is 16.0 Å². The first-order chi connectivity index (χ1) is 14.5. The molecule has 1 aromatic rings. The van der Waals surface area contributed by atoms with Crippen molar-refractivity contribution in [3.8, 4) is 0 Å². The Morgan fingerprint density at radius 2 is 1.90 bits per heavy atom. The summed E-state index contributed by atoms with van der Waals surface area (Å²) in [6.45, 7) is 1.55. The van der Waals surface area contributed by atoms with Crippen LogP contribution in [0.25, 0.3) is 0 Å². The van der Waals surface area contributed by atoms with E-state index in [1.165, 1.54) is 12.8 Å². The summed E-state index contributed by atoms with van der Waals surface area (Å²) < 4.78 is 0. The van der Waals surface area contributed by atoms with Crippen LogP contribution in [0, 0.1) is 0 Å². The summed E-state index contributed by atoms with van der Waals surface area (Å²) in [7, 11) is 0. The van der Waals surface area contributed by atoms with Crippen molar-refractivity contribution in [3.63, 3.8) is 0 Å². The molecule has 8 nitrogen and oxygen atoms in total. The number of imide groups is 2. The van der Waals surface area contributed by atoms with Crippen molar-refractivity contribution in [2.45, 2.75) is 69.1 Å². The van der Waals surface area contributed by atoms with E-state index in [0.717, 1.165) is 36.3 Å². The smallest absolute Gasteiger partial charge is 0.262 e. The first-order valence-corrected chi connectivity index (χ1v) is 10.8. The summed E-state index contributed by atoms with van der Waals surface area (Å²) in [5.41, 5.74) is 1.57. The third kappa shape index (κ3) is 3.15. The Balaban J connectivity index is 1.36. The topological polar surface area (TPSA) is 108 Å². The Morgan fingerprint density at radius 1 is 1.07 bits per heavy atom. The van der Waals surface area contributed by atoms with Crippen molar-refractivity contribution in [2.24, 2.45) is 0 Å². The summed E-state index contributed by atoms with van der Waals surface area (Å²) in [5, 5.41) is 9.52. The quantitative estimate of drug-likeness (QED) is 0.622. The molecule has 2 atom stereocenters. The molecule has 158 valence electrons. The fourth-order valence-corrected chi connectivity index (χ4v) is 5.11. The molecule has 8 heteroatoms. The average Bonchev–Trinajstić information content (AvgIpc) is 3.50. The zero-order valence-electron chi connectivity index (χ0n) is 16.8. The van der Waals surface area contributed by atoms with E-state index in [1.54, 1.807) is 12.1 Å². The van der Waals surface area contributed by atoms with Crippen LogP contribution in [0.5, 0.6) is 0 Å². The van der Waals surface area contributed by atoms with Gasteiger partial charge < -0.3 is 10.6 Å². The van der Waals surface area contributed by atoms with Crippen LogP contribution in [-0.2, 0) is 16.1 Å². The van der Waals surface area contributed by atoms with Crippen molar-refractivity contribution in [2.75, 3.05) is 6.54 Å². The lowest BCUT2D eigenvalue weighted by Gasteiger charge is -2.32. The lowest BCUT2D eigenvalue weighted by atomic mass is 9.95. The number of fused-ring (bicyclic) bond motifs is 1. The molecule has 4 aliphatic rings. The van der Waals surface area contributed by atoms with Crippen LogP contribution in [0.15, 0.2) is 18.2 Å². The fourth-order valence-electron chi connectivity index (χ4n) is 5.11. The number of piperidine rings is 2. The third-order valence-electron chi connectivity index (χ3n) is 6.95. The highest BCUT2D eigenvalue weighted by atomic mass is 16.2. The van der Waals surface area contributed by atoms with Crippen LogP contribution in [0.4, 0.5) is 0 Å². The lowest BCUT2D eigenvalue weighted by Crippen LogP contribution is -2.54. The standard InChI is InChI=1S/C22H26N4O4/c27-17-8-7-15(19(28)25-17)26-20(29)14-5-3-4-13(18(14)21(26)30)12-24-22(9-10-22)16-6-1-2-11-23-16/h3-5,15-16,23-24H,1-2,6-12H2,(H,25,27,28). The zero-order chi connectivity index (χ0) is 20.9. The molecule has 0 radical (unpaired) electrons. The molecule has 3 N–H and O–H groups in total. The summed E-state index contributed by atoms with van der Waals surface area (Å²) in [5.74, 6) is -1.85. The van der Waals surface area contributed by atoms with Gasteiger partial charge in [0.2, 0.25) is 11.8 Å². The van der Waals surface area contributed by atoms with Gasteiger partial charge >= 0.3 is 0 Å². The maximum atomic E-state index is 13.2. The van der Waals surface area contributed by atoms with Gasteiger partial charge in [0, 0.05) is 24.5 Å². The number of nitrogens with zero attached hydrogens (tertiary/aromatic N) is 1. The fraction of sp³-hybridized carbons (Fsp3) is 0.545. The second-order valence-electron chi connectivity index (χ2n) is 8.80. The number of carbonyl (C=O) groups is 4. The van der Waals surface area contributed by atoms with Gasteiger partial charge in [-0.2, -0.15) is 0 Å². The third-order valence-corrected chi connectivity index (χ3v) is 6.95. The molecule has 4 amide bonds. The molecular weight excluding hydrogens is 384 g/mol. The van der Waals surface area contributed by atoms with Gasteiger partial charge in [-0.05, 0) is 50.3 Å². The molecule has 2 unspecified atom stereocenters. The van der Waals surface area contributed by atoms with E-state index in [4.69, 9.17) is 0 Å². The maximum absolute atomic E-state index is 13.2. The summed E-state index contributed by atoms with van der Waals surface area (Å²) in [6, 6.07) is 4.81. The summed E-state index contributed by atoms with van der Waals surface area (Å²) in [4.78, 5) is 50.9. The van der Waals surface area contributed by atoms with Gasteiger partial charge in [0.1, 0.15) is 6.04 Å². The molecule has 0 bridgehead atoms. The number of benzene rings is 1. The molecule has 1 aromatic carbocycles. The molecule has 0 spiro atoms. The number of carbonyl (C=O) groups excluding carboxylic acids is 4. The van der Waals surface area contributed by atoms with Crippen molar-refractivity contribution < 1.29 is 19.2 Å². The van der Waals surface area contributed by atoms with Crippen molar-refractivity contribution in [3.05, 3.63) is 34.9 Å². The Hall–Kier alpha value is -2.58. The minimum Gasteiger partial charge on any atom is -0.312 e.